The van der Waals surface area contributed by atoms with Crippen LogP contribution in [-0.2, 0) is 0 Å². The van der Waals surface area contributed by atoms with Gasteiger partial charge in [0.1, 0.15) is 0 Å². The topological polar surface area (TPSA) is 20.2 Å². The van der Waals surface area contributed by atoms with E-state index in [0.717, 1.165) is 6.42 Å². The highest BCUT2D eigenvalue weighted by Crippen LogP contribution is 2.06. The second kappa shape index (κ2) is 9.89. The van der Waals surface area contributed by atoms with Crippen molar-refractivity contribution in [2.24, 2.45) is 0 Å². The van der Waals surface area contributed by atoms with Gasteiger partial charge in [-0.2, -0.15) is 0 Å². The van der Waals surface area contributed by atoms with E-state index in [4.69, 9.17) is 5.11 Å². The smallest absolute Gasteiger partial charge is 0.0512 e. The molecule has 0 aromatic heterocycles. The van der Waals surface area contributed by atoms with Gasteiger partial charge >= 0.3 is 0 Å². The van der Waals surface area contributed by atoms with Gasteiger partial charge in [0, 0.05) is 0 Å². The molecule has 70 valence electrons. The molecule has 0 aliphatic heterocycles. The maximum Gasteiger partial charge on any atom is 0.0512 e. The Morgan fingerprint density at radius 3 is 2.09 bits per heavy atom. The van der Waals surface area contributed by atoms with E-state index in [1.807, 2.05) is 6.92 Å². The lowest BCUT2D eigenvalue weighted by Gasteiger charge is -2.02. The molecular weight excluding hydrogens is 143 g/mol. The Morgan fingerprint density at radius 2 is 1.64 bits per heavy atom. The Morgan fingerprint density at radius 1 is 1.09 bits per heavy atom. The van der Waals surface area contributed by atoms with Crippen LogP contribution >= 0.6 is 0 Å². The minimum Gasteiger partial charge on any atom is -0.393 e. The molecule has 0 radical (unpaired) electrons. The first-order chi connectivity index (χ1) is 4.77. The molecule has 11 heavy (non-hydrogen) atoms. The Kier molecular flexibility index (Phi) is 12.1. The number of unbranched alkanes of at least 4 members (excludes halogenated alkanes) is 4. The molecule has 0 aliphatic rings. The molecule has 0 heterocycles. The van der Waals surface area contributed by atoms with Crippen molar-refractivity contribution in [3.8, 4) is 0 Å². The van der Waals surface area contributed by atoms with E-state index in [9.17, 15) is 0 Å². The maximum atomic E-state index is 8.91. The van der Waals surface area contributed by atoms with Crippen LogP contribution in [0.15, 0.2) is 0 Å². The summed E-state index contributed by atoms with van der Waals surface area (Å²) in [6.45, 7) is 4.08. The van der Waals surface area contributed by atoms with Gasteiger partial charge in [0.25, 0.3) is 0 Å². The van der Waals surface area contributed by atoms with Gasteiger partial charge in [-0.05, 0) is 13.3 Å². The van der Waals surface area contributed by atoms with E-state index >= 15 is 0 Å². The number of rotatable bonds is 6. The van der Waals surface area contributed by atoms with Gasteiger partial charge in [0.05, 0.1) is 6.10 Å². The molecule has 1 N–H and O–H groups in total. The molecule has 0 fully saturated rings. The van der Waals surface area contributed by atoms with Crippen molar-refractivity contribution in [2.45, 2.75) is 58.5 Å². The van der Waals surface area contributed by atoms with Crippen LogP contribution in [0.5, 0.6) is 0 Å². The fourth-order valence-corrected chi connectivity index (χ4v) is 1.04. The van der Waals surface area contributed by atoms with Crippen LogP contribution in [0.2, 0.25) is 0 Å². The monoisotopic (exact) mass is 164 g/mol. The molecule has 2 heteroatoms. The summed E-state index contributed by atoms with van der Waals surface area (Å²) in [6.07, 6.45) is 7.35. The van der Waals surface area contributed by atoms with Crippen LogP contribution in [-0.4, -0.2) is 11.2 Å². The molecule has 1 atom stereocenters. The Hall–Kier alpha value is -0.110. The van der Waals surface area contributed by atoms with Crippen LogP contribution in [0.4, 0.5) is 4.70 Å². The molecule has 0 spiro atoms. The van der Waals surface area contributed by atoms with E-state index in [1.54, 1.807) is 0 Å². The van der Waals surface area contributed by atoms with Crippen molar-refractivity contribution in [1.82, 2.24) is 0 Å². The molecule has 0 saturated heterocycles. The lowest BCUT2D eigenvalue weighted by molar-refractivity contribution is 0.180. The molecule has 0 aromatic carbocycles. The summed E-state index contributed by atoms with van der Waals surface area (Å²) in [6, 6.07) is 0. The van der Waals surface area contributed by atoms with Gasteiger partial charge in [-0.1, -0.05) is 39.0 Å². The second-order valence-corrected chi connectivity index (χ2v) is 3.05. The summed E-state index contributed by atoms with van der Waals surface area (Å²) in [5.41, 5.74) is 0. The highest BCUT2D eigenvalue weighted by molar-refractivity contribution is 4.48. The fourth-order valence-electron chi connectivity index (χ4n) is 1.04. The third kappa shape index (κ3) is 13.0. The van der Waals surface area contributed by atoms with Gasteiger partial charge in [-0.25, -0.2) is 0 Å². The van der Waals surface area contributed by atoms with Crippen molar-refractivity contribution >= 4 is 0 Å². The highest BCUT2D eigenvalue weighted by atomic mass is 19.0. The van der Waals surface area contributed by atoms with Gasteiger partial charge in [0.15, 0.2) is 0 Å². The average Bonchev–Trinajstić information content (AvgIpc) is 1.87. The molecule has 1 unspecified atom stereocenters. The van der Waals surface area contributed by atoms with Crippen molar-refractivity contribution in [2.75, 3.05) is 0 Å². The summed E-state index contributed by atoms with van der Waals surface area (Å²) in [4.78, 5) is 0. The normalized spacial score (nSPS) is 12.3. The van der Waals surface area contributed by atoms with Gasteiger partial charge in [-0.15, -0.1) is 0 Å². The first-order valence-corrected chi connectivity index (χ1v) is 4.45. The van der Waals surface area contributed by atoms with Crippen LogP contribution in [0.25, 0.3) is 0 Å². The number of hydrogen-bond donors (Lipinski definition) is 1. The third-order valence-electron chi connectivity index (χ3n) is 1.73. The third-order valence-corrected chi connectivity index (χ3v) is 1.73. The zero-order valence-electron chi connectivity index (χ0n) is 7.68. The number of aliphatic hydroxyl groups is 1. The molecule has 1 nitrogen and oxygen atoms in total. The molecule has 0 rings (SSSR count). The molecule has 0 aromatic rings. The first kappa shape index (κ1) is 13.5. The predicted octanol–water partition coefficient (Wildman–Crippen LogP) is 2.88. The Bertz CT molecular complexity index is 64.6. The van der Waals surface area contributed by atoms with E-state index in [2.05, 4.69) is 6.92 Å². The molecule has 0 saturated carbocycles. The second-order valence-electron chi connectivity index (χ2n) is 3.05. The summed E-state index contributed by atoms with van der Waals surface area (Å²) in [5.74, 6) is 0. The van der Waals surface area contributed by atoms with Gasteiger partial charge < -0.3 is 5.11 Å². The van der Waals surface area contributed by atoms with E-state index in [1.165, 1.54) is 32.1 Å². The van der Waals surface area contributed by atoms with Crippen LogP contribution in [0.3, 0.4) is 0 Å². The minimum absolute atomic E-state index is 0. The highest BCUT2D eigenvalue weighted by Gasteiger charge is 1.93. The summed E-state index contributed by atoms with van der Waals surface area (Å²) in [7, 11) is 0. The van der Waals surface area contributed by atoms with E-state index in [0.29, 0.717) is 0 Å². The summed E-state index contributed by atoms with van der Waals surface area (Å²) in [5, 5.41) is 8.91. The largest absolute Gasteiger partial charge is 0.393 e. The Labute approximate surface area is 69.2 Å². The van der Waals surface area contributed by atoms with Crippen LogP contribution < -0.4 is 0 Å². The van der Waals surface area contributed by atoms with Crippen LogP contribution in [0, 0.1) is 0 Å². The Balaban J connectivity index is 0. The molecule has 0 amide bonds. The van der Waals surface area contributed by atoms with Crippen molar-refractivity contribution in [1.29, 1.82) is 0 Å². The summed E-state index contributed by atoms with van der Waals surface area (Å²) < 4.78 is 0. The van der Waals surface area contributed by atoms with Crippen molar-refractivity contribution in [3.63, 3.8) is 0 Å². The summed E-state index contributed by atoms with van der Waals surface area (Å²) >= 11 is 0. The fraction of sp³-hybridized carbons (Fsp3) is 1.00. The standard InChI is InChI=1S/C9H20O.FH/c1-3-4-5-6-7-8-9(2)10;/h9-10H,3-8H2,1-2H3;1H. The number of aliphatic hydroxyl groups excluding tert-OH is 1. The SMILES string of the molecule is CCCCCCCC(C)O.F. The van der Waals surface area contributed by atoms with E-state index < -0.39 is 0 Å². The van der Waals surface area contributed by atoms with Gasteiger partial charge in [-0.3, -0.25) is 4.70 Å². The quantitative estimate of drug-likeness (QED) is 0.598. The molecule has 0 aliphatic carbocycles. The lowest BCUT2D eigenvalue weighted by Crippen LogP contribution is -1.97. The average molecular weight is 164 g/mol. The lowest BCUT2D eigenvalue weighted by atomic mass is 10.1. The number of hydrogen-bond acceptors (Lipinski definition) is 1. The zero-order chi connectivity index (χ0) is 7.82. The molecule has 0 bridgehead atoms. The molecular formula is C9H21FO. The van der Waals surface area contributed by atoms with Gasteiger partial charge in [0.2, 0.25) is 0 Å². The first-order valence-electron chi connectivity index (χ1n) is 4.45. The predicted molar refractivity (Wildman–Crippen MR) is 47.6 cm³/mol. The van der Waals surface area contributed by atoms with Crippen molar-refractivity contribution < 1.29 is 9.81 Å². The minimum atomic E-state index is -0.0957. The van der Waals surface area contributed by atoms with Crippen molar-refractivity contribution in [3.05, 3.63) is 0 Å². The van der Waals surface area contributed by atoms with Crippen LogP contribution in [0.1, 0.15) is 52.4 Å². The maximum absolute atomic E-state index is 8.91. The zero-order valence-corrected chi connectivity index (χ0v) is 7.68. The van der Waals surface area contributed by atoms with E-state index in [-0.39, 0.29) is 10.8 Å². The number of halogens is 1.